The van der Waals surface area contributed by atoms with E-state index in [0.717, 1.165) is 22.5 Å². The first-order valence-electron chi connectivity index (χ1n) is 7.92. The van der Waals surface area contributed by atoms with E-state index in [-0.39, 0.29) is 11.2 Å². The Hall–Kier alpha value is -2.67. The number of hydrogen-bond acceptors (Lipinski definition) is 5. The van der Waals surface area contributed by atoms with Gasteiger partial charge in [-0.25, -0.2) is 0 Å². The van der Waals surface area contributed by atoms with Crippen LogP contribution in [0.4, 0.5) is 5.69 Å². The van der Waals surface area contributed by atoms with Gasteiger partial charge in [-0.1, -0.05) is 41.6 Å². The normalized spacial score (nSPS) is 12.0. The Balaban J connectivity index is 1.71. The Kier molecular flexibility index (Phi) is 5.14. The third-order valence-electron chi connectivity index (χ3n) is 3.66. The fourth-order valence-corrected chi connectivity index (χ4v) is 3.09. The molecule has 1 aromatic heterocycles. The molecule has 0 aliphatic carbocycles. The number of carbonyl (C=O) groups is 1. The molecule has 1 heterocycles. The molecule has 1 N–H and O–H groups in total. The minimum Gasteiger partial charge on any atom is -0.325 e. The first-order chi connectivity index (χ1) is 12.0. The smallest absolute Gasteiger partial charge is 0.237 e. The molecule has 0 radical (unpaired) electrons. The van der Waals surface area contributed by atoms with Gasteiger partial charge in [0.25, 0.3) is 0 Å². The highest BCUT2D eigenvalue weighted by atomic mass is 32.2. The van der Waals surface area contributed by atoms with E-state index in [1.54, 1.807) is 4.68 Å². The molecule has 0 aliphatic heterocycles. The molecule has 25 heavy (non-hydrogen) atoms. The maximum Gasteiger partial charge on any atom is 0.237 e. The lowest BCUT2D eigenvalue weighted by Crippen LogP contribution is -2.23. The summed E-state index contributed by atoms with van der Waals surface area (Å²) in [4.78, 5) is 12.4. The maximum atomic E-state index is 12.4. The Bertz CT molecular complexity index is 875. The Labute approximate surface area is 150 Å². The molecule has 128 valence electrons. The summed E-state index contributed by atoms with van der Waals surface area (Å²) in [6, 6.07) is 15.6. The highest BCUT2D eigenvalue weighted by molar-refractivity contribution is 8.00. The van der Waals surface area contributed by atoms with Crippen LogP contribution >= 0.6 is 11.8 Å². The number of carbonyl (C=O) groups excluding carboxylic acids is 1. The second-order valence-electron chi connectivity index (χ2n) is 5.83. The zero-order valence-electron chi connectivity index (χ0n) is 14.3. The van der Waals surface area contributed by atoms with Crippen molar-refractivity contribution in [3.8, 4) is 5.69 Å². The number of nitrogens with one attached hydrogen (secondary N) is 1. The average Bonchev–Trinajstić information content (AvgIpc) is 3.03. The molecule has 0 saturated carbocycles. The van der Waals surface area contributed by atoms with Crippen molar-refractivity contribution in [3.05, 3.63) is 59.7 Å². The molecule has 6 nitrogen and oxygen atoms in total. The maximum absolute atomic E-state index is 12.4. The molecule has 1 amide bonds. The van der Waals surface area contributed by atoms with Gasteiger partial charge in [-0.2, -0.15) is 4.68 Å². The summed E-state index contributed by atoms with van der Waals surface area (Å²) in [7, 11) is 0. The van der Waals surface area contributed by atoms with Gasteiger partial charge in [-0.15, -0.1) is 5.10 Å². The van der Waals surface area contributed by atoms with E-state index in [2.05, 4.69) is 20.8 Å². The van der Waals surface area contributed by atoms with Crippen molar-refractivity contribution in [3.63, 3.8) is 0 Å². The summed E-state index contributed by atoms with van der Waals surface area (Å²) in [5.41, 5.74) is 3.92. The molecule has 0 spiro atoms. The van der Waals surface area contributed by atoms with Crippen molar-refractivity contribution in [2.45, 2.75) is 31.2 Å². The minimum atomic E-state index is -0.337. The Morgan fingerprint density at radius 2 is 1.88 bits per heavy atom. The molecule has 0 fully saturated rings. The summed E-state index contributed by atoms with van der Waals surface area (Å²) in [6.45, 7) is 5.85. The topological polar surface area (TPSA) is 72.7 Å². The van der Waals surface area contributed by atoms with Crippen molar-refractivity contribution in [2.24, 2.45) is 0 Å². The van der Waals surface area contributed by atoms with E-state index in [4.69, 9.17) is 0 Å². The molecule has 0 unspecified atom stereocenters. The van der Waals surface area contributed by atoms with Crippen LogP contribution < -0.4 is 5.32 Å². The number of aromatic nitrogens is 4. The van der Waals surface area contributed by atoms with Crippen molar-refractivity contribution >= 4 is 23.4 Å². The monoisotopic (exact) mass is 353 g/mol. The number of anilines is 1. The van der Waals surface area contributed by atoms with Crippen LogP contribution in [0.1, 0.15) is 18.1 Å². The highest BCUT2D eigenvalue weighted by Crippen LogP contribution is 2.24. The summed E-state index contributed by atoms with van der Waals surface area (Å²) in [6.07, 6.45) is 0. The predicted octanol–water partition coefficient (Wildman–Crippen LogP) is 3.40. The van der Waals surface area contributed by atoms with E-state index in [1.807, 2.05) is 69.3 Å². The number of thioether (sulfide) groups is 1. The summed E-state index contributed by atoms with van der Waals surface area (Å²) in [5, 5.41) is 15.0. The van der Waals surface area contributed by atoms with E-state index in [1.165, 1.54) is 11.8 Å². The molecule has 1 atom stereocenters. The minimum absolute atomic E-state index is 0.0888. The van der Waals surface area contributed by atoms with Gasteiger partial charge < -0.3 is 5.32 Å². The zero-order chi connectivity index (χ0) is 17.8. The van der Waals surface area contributed by atoms with Crippen LogP contribution in [0.5, 0.6) is 0 Å². The van der Waals surface area contributed by atoms with Gasteiger partial charge in [0.15, 0.2) is 0 Å². The molecule has 3 aromatic rings. The van der Waals surface area contributed by atoms with Crippen LogP contribution in [0.25, 0.3) is 5.69 Å². The van der Waals surface area contributed by atoms with Gasteiger partial charge in [-0.05, 0) is 61.0 Å². The van der Waals surface area contributed by atoms with Crippen LogP contribution in [0.2, 0.25) is 0 Å². The quantitative estimate of drug-likeness (QED) is 0.712. The Morgan fingerprint density at radius 1 is 1.12 bits per heavy atom. The van der Waals surface area contributed by atoms with E-state index >= 15 is 0 Å². The molecule has 3 rings (SSSR count). The number of nitrogens with zero attached hydrogens (tertiary/aromatic N) is 4. The molecule has 7 heteroatoms. The van der Waals surface area contributed by atoms with Crippen molar-refractivity contribution in [1.29, 1.82) is 0 Å². The first-order valence-corrected chi connectivity index (χ1v) is 8.80. The average molecular weight is 353 g/mol. The first kappa shape index (κ1) is 17.2. The number of benzene rings is 2. The molecule has 0 aliphatic rings. The SMILES string of the molecule is Cc1ccc(-n2nnnc2S[C@@H](C)C(=O)Nc2cccc(C)c2)cc1. The predicted molar refractivity (Wildman–Crippen MR) is 99.0 cm³/mol. The second kappa shape index (κ2) is 7.48. The lowest BCUT2D eigenvalue weighted by Gasteiger charge is -2.12. The number of rotatable bonds is 5. The summed E-state index contributed by atoms with van der Waals surface area (Å²) in [5.74, 6) is -0.0888. The van der Waals surface area contributed by atoms with E-state index in [0.29, 0.717) is 5.16 Å². The van der Waals surface area contributed by atoms with Crippen molar-refractivity contribution < 1.29 is 4.79 Å². The largest absolute Gasteiger partial charge is 0.325 e. The van der Waals surface area contributed by atoms with Gasteiger partial charge >= 0.3 is 0 Å². The molecule has 0 saturated heterocycles. The second-order valence-corrected chi connectivity index (χ2v) is 7.14. The molecule has 2 aromatic carbocycles. The van der Waals surface area contributed by atoms with Crippen LogP contribution in [0.3, 0.4) is 0 Å². The number of aryl methyl sites for hydroxylation is 2. The van der Waals surface area contributed by atoms with E-state index < -0.39 is 0 Å². The third kappa shape index (κ3) is 4.24. The van der Waals surface area contributed by atoms with Crippen LogP contribution in [-0.2, 0) is 4.79 Å². The fourth-order valence-electron chi connectivity index (χ4n) is 2.28. The number of amides is 1. The Morgan fingerprint density at radius 3 is 2.60 bits per heavy atom. The van der Waals surface area contributed by atoms with Crippen LogP contribution in [-0.4, -0.2) is 31.4 Å². The highest BCUT2D eigenvalue weighted by Gasteiger charge is 2.19. The van der Waals surface area contributed by atoms with Crippen LogP contribution in [0, 0.1) is 13.8 Å². The van der Waals surface area contributed by atoms with Crippen LogP contribution in [0.15, 0.2) is 53.7 Å². The van der Waals surface area contributed by atoms with Gasteiger partial charge in [0.1, 0.15) is 0 Å². The van der Waals surface area contributed by atoms with Crippen molar-refractivity contribution in [2.75, 3.05) is 5.32 Å². The number of tetrazole rings is 1. The van der Waals surface area contributed by atoms with Crippen molar-refractivity contribution in [1.82, 2.24) is 20.2 Å². The number of hydrogen-bond donors (Lipinski definition) is 1. The lowest BCUT2D eigenvalue weighted by atomic mass is 10.2. The summed E-state index contributed by atoms with van der Waals surface area (Å²) < 4.78 is 1.64. The van der Waals surface area contributed by atoms with Gasteiger partial charge in [0.05, 0.1) is 10.9 Å². The summed E-state index contributed by atoms with van der Waals surface area (Å²) >= 11 is 1.32. The lowest BCUT2D eigenvalue weighted by molar-refractivity contribution is -0.115. The third-order valence-corrected chi connectivity index (χ3v) is 4.69. The van der Waals surface area contributed by atoms with Gasteiger partial charge in [0.2, 0.25) is 11.1 Å². The van der Waals surface area contributed by atoms with Gasteiger partial charge in [-0.3, -0.25) is 4.79 Å². The fraction of sp³-hybridized carbons (Fsp3) is 0.222. The zero-order valence-corrected chi connectivity index (χ0v) is 15.1. The molecular formula is C18H19N5OS. The standard InChI is InChI=1S/C18H19N5OS/c1-12-7-9-16(10-8-12)23-18(20-21-22-23)25-14(3)17(24)19-15-6-4-5-13(2)11-15/h4-11,14H,1-3H3,(H,19,24)/t14-/m0/s1. The molecular weight excluding hydrogens is 334 g/mol. The molecule has 0 bridgehead atoms. The van der Waals surface area contributed by atoms with Gasteiger partial charge in [0, 0.05) is 5.69 Å². The van der Waals surface area contributed by atoms with E-state index in [9.17, 15) is 4.79 Å².